The molecule has 1 aliphatic heterocycles. The van der Waals surface area contributed by atoms with Gasteiger partial charge in [0.05, 0.1) is 0 Å². The summed E-state index contributed by atoms with van der Waals surface area (Å²) in [5.74, 6) is -0.450. The van der Waals surface area contributed by atoms with Gasteiger partial charge < -0.3 is 4.74 Å². The molecular formula is C9H12O3. The summed E-state index contributed by atoms with van der Waals surface area (Å²) in [6.45, 7) is 5.01. The SMILES string of the molecule is CC(=O)[C@H]1CC(C)=C(C)C(=O)O1. The monoisotopic (exact) mass is 168 g/mol. The number of carbonyl (C=O) groups is 2. The van der Waals surface area contributed by atoms with E-state index in [1.807, 2.05) is 6.92 Å². The maximum Gasteiger partial charge on any atom is 0.334 e. The second-order valence-corrected chi connectivity index (χ2v) is 3.11. The van der Waals surface area contributed by atoms with Crippen molar-refractivity contribution in [3.8, 4) is 0 Å². The van der Waals surface area contributed by atoms with E-state index >= 15 is 0 Å². The summed E-state index contributed by atoms with van der Waals surface area (Å²) >= 11 is 0. The zero-order valence-electron chi connectivity index (χ0n) is 7.51. The molecule has 0 saturated heterocycles. The molecule has 1 aliphatic rings. The number of hydrogen-bond donors (Lipinski definition) is 0. The molecule has 66 valence electrons. The van der Waals surface area contributed by atoms with E-state index in [0.717, 1.165) is 5.57 Å². The van der Waals surface area contributed by atoms with Gasteiger partial charge in [-0.1, -0.05) is 5.57 Å². The van der Waals surface area contributed by atoms with Crippen LogP contribution in [0.15, 0.2) is 11.1 Å². The van der Waals surface area contributed by atoms with E-state index in [1.54, 1.807) is 6.92 Å². The Balaban J connectivity index is 2.85. The van der Waals surface area contributed by atoms with Gasteiger partial charge in [0.25, 0.3) is 0 Å². The molecule has 0 aromatic rings. The highest BCUT2D eigenvalue weighted by Crippen LogP contribution is 2.21. The van der Waals surface area contributed by atoms with Crippen molar-refractivity contribution in [1.82, 2.24) is 0 Å². The first-order valence-corrected chi connectivity index (χ1v) is 3.90. The first-order chi connectivity index (χ1) is 5.52. The smallest absolute Gasteiger partial charge is 0.334 e. The number of carbonyl (C=O) groups excluding carboxylic acids is 2. The van der Waals surface area contributed by atoms with Crippen LogP contribution >= 0.6 is 0 Å². The standard InChI is InChI=1S/C9H12O3/c1-5-4-8(7(3)10)12-9(11)6(5)2/h8H,4H2,1-3H3/t8-/m1/s1. The molecule has 0 bridgehead atoms. The third kappa shape index (κ3) is 1.55. The predicted octanol–water partition coefficient (Wildman–Crippen LogP) is 1.23. The third-order valence-electron chi connectivity index (χ3n) is 2.14. The van der Waals surface area contributed by atoms with Crippen molar-refractivity contribution in [2.75, 3.05) is 0 Å². The van der Waals surface area contributed by atoms with Crippen LogP contribution in [-0.4, -0.2) is 17.9 Å². The fourth-order valence-corrected chi connectivity index (χ4v) is 1.09. The lowest BCUT2D eigenvalue weighted by atomic mass is 9.99. The van der Waals surface area contributed by atoms with Crippen molar-refractivity contribution in [3.05, 3.63) is 11.1 Å². The van der Waals surface area contributed by atoms with Crippen LogP contribution in [0.5, 0.6) is 0 Å². The van der Waals surface area contributed by atoms with Gasteiger partial charge in [0.15, 0.2) is 11.9 Å². The number of Topliss-reactive ketones (excluding diaryl/α,β-unsaturated/α-hetero) is 1. The van der Waals surface area contributed by atoms with Gasteiger partial charge >= 0.3 is 5.97 Å². The zero-order chi connectivity index (χ0) is 9.30. The van der Waals surface area contributed by atoms with Crippen molar-refractivity contribution in [2.24, 2.45) is 0 Å². The van der Waals surface area contributed by atoms with Crippen LogP contribution in [0.3, 0.4) is 0 Å². The molecule has 0 saturated carbocycles. The number of cyclic esters (lactones) is 1. The van der Waals surface area contributed by atoms with Gasteiger partial charge in [-0.3, -0.25) is 4.79 Å². The van der Waals surface area contributed by atoms with E-state index in [1.165, 1.54) is 6.92 Å². The van der Waals surface area contributed by atoms with Gasteiger partial charge in [-0.05, 0) is 20.8 Å². The fourth-order valence-electron chi connectivity index (χ4n) is 1.09. The Morgan fingerprint density at radius 2 is 2.08 bits per heavy atom. The Bertz CT molecular complexity index is 263. The van der Waals surface area contributed by atoms with Gasteiger partial charge in [0, 0.05) is 12.0 Å². The number of esters is 1. The van der Waals surface area contributed by atoms with E-state index in [-0.39, 0.29) is 11.8 Å². The molecule has 0 aromatic carbocycles. The van der Waals surface area contributed by atoms with Gasteiger partial charge in [0.2, 0.25) is 0 Å². The van der Waals surface area contributed by atoms with Crippen molar-refractivity contribution >= 4 is 11.8 Å². The molecule has 1 heterocycles. The summed E-state index contributed by atoms with van der Waals surface area (Å²) in [5, 5.41) is 0. The molecule has 0 unspecified atom stereocenters. The number of ketones is 1. The summed E-state index contributed by atoms with van der Waals surface area (Å²) in [4.78, 5) is 22.0. The molecule has 0 amide bonds. The fraction of sp³-hybridized carbons (Fsp3) is 0.556. The molecule has 0 fully saturated rings. The normalized spacial score (nSPS) is 23.9. The lowest BCUT2D eigenvalue weighted by Gasteiger charge is -2.21. The first-order valence-electron chi connectivity index (χ1n) is 3.90. The molecular weight excluding hydrogens is 156 g/mol. The van der Waals surface area contributed by atoms with Gasteiger partial charge in [-0.25, -0.2) is 4.79 Å². The molecule has 0 spiro atoms. The number of rotatable bonds is 1. The van der Waals surface area contributed by atoms with E-state index in [4.69, 9.17) is 4.74 Å². The van der Waals surface area contributed by atoms with Crippen LogP contribution in [0.4, 0.5) is 0 Å². The average Bonchev–Trinajstić information content (AvgIpc) is 1.99. The molecule has 12 heavy (non-hydrogen) atoms. The highest BCUT2D eigenvalue weighted by molar-refractivity contribution is 5.93. The van der Waals surface area contributed by atoms with Crippen LogP contribution in [0, 0.1) is 0 Å². The van der Waals surface area contributed by atoms with Gasteiger partial charge in [0.1, 0.15) is 0 Å². The van der Waals surface area contributed by atoms with Crippen molar-refractivity contribution in [1.29, 1.82) is 0 Å². The van der Waals surface area contributed by atoms with Crippen LogP contribution < -0.4 is 0 Å². The van der Waals surface area contributed by atoms with E-state index in [0.29, 0.717) is 12.0 Å². The minimum atomic E-state index is -0.554. The highest BCUT2D eigenvalue weighted by Gasteiger charge is 2.26. The van der Waals surface area contributed by atoms with Crippen LogP contribution in [-0.2, 0) is 14.3 Å². The molecule has 0 aliphatic carbocycles. The Labute approximate surface area is 71.4 Å². The summed E-state index contributed by atoms with van der Waals surface area (Å²) in [7, 11) is 0. The Morgan fingerprint density at radius 1 is 1.50 bits per heavy atom. The maximum atomic E-state index is 11.1. The summed E-state index contributed by atoms with van der Waals surface area (Å²) in [6.07, 6.45) is -0.00593. The van der Waals surface area contributed by atoms with Crippen molar-refractivity contribution in [3.63, 3.8) is 0 Å². The Morgan fingerprint density at radius 3 is 2.50 bits per heavy atom. The van der Waals surface area contributed by atoms with Gasteiger partial charge in [-0.2, -0.15) is 0 Å². The largest absolute Gasteiger partial charge is 0.451 e. The number of ether oxygens (including phenoxy) is 1. The summed E-state index contributed by atoms with van der Waals surface area (Å²) in [5.41, 5.74) is 1.58. The molecule has 0 radical (unpaired) electrons. The quantitative estimate of drug-likeness (QED) is 0.553. The minimum Gasteiger partial charge on any atom is -0.451 e. The molecule has 0 aromatic heterocycles. The van der Waals surface area contributed by atoms with Gasteiger partial charge in [-0.15, -0.1) is 0 Å². The summed E-state index contributed by atoms with van der Waals surface area (Å²) in [6, 6.07) is 0. The summed E-state index contributed by atoms with van der Waals surface area (Å²) < 4.78 is 4.88. The Kier molecular flexibility index (Phi) is 2.31. The molecule has 3 nitrogen and oxygen atoms in total. The van der Waals surface area contributed by atoms with Crippen LogP contribution in [0.25, 0.3) is 0 Å². The second kappa shape index (κ2) is 3.09. The average molecular weight is 168 g/mol. The molecule has 1 atom stereocenters. The van der Waals surface area contributed by atoms with E-state index in [2.05, 4.69) is 0 Å². The number of hydrogen-bond acceptors (Lipinski definition) is 3. The lowest BCUT2D eigenvalue weighted by Crippen LogP contribution is -2.30. The maximum absolute atomic E-state index is 11.1. The highest BCUT2D eigenvalue weighted by atomic mass is 16.5. The zero-order valence-corrected chi connectivity index (χ0v) is 7.51. The van der Waals surface area contributed by atoms with Crippen LogP contribution in [0.1, 0.15) is 27.2 Å². The third-order valence-corrected chi connectivity index (χ3v) is 2.14. The van der Waals surface area contributed by atoms with E-state index < -0.39 is 6.10 Å². The molecule has 1 rings (SSSR count). The minimum absolute atomic E-state index is 0.0878. The topological polar surface area (TPSA) is 43.4 Å². The van der Waals surface area contributed by atoms with Crippen molar-refractivity contribution in [2.45, 2.75) is 33.3 Å². The van der Waals surface area contributed by atoms with E-state index in [9.17, 15) is 9.59 Å². The lowest BCUT2D eigenvalue weighted by molar-refractivity contribution is -0.152. The molecule has 3 heteroatoms. The van der Waals surface area contributed by atoms with Crippen molar-refractivity contribution < 1.29 is 14.3 Å². The van der Waals surface area contributed by atoms with Crippen LogP contribution in [0.2, 0.25) is 0 Å². The second-order valence-electron chi connectivity index (χ2n) is 3.11. The first kappa shape index (κ1) is 8.97. The molecule has 0 N–H and O–H groups in total. The Hall–Kier alpha value is -1.12. The predicted molar refractivity (Wildman–Crippen MR) is 43.6 cm³/mol.